The van der Waals surface area contributed by atoms with E-state index in [0.29, 0.717) is 5.56 Å². The van der Waals surface area contributed by atoms with Crippen LogP contribution in [0.1, 0.15) is 17.2 Å². The average Bonchev–Trinajstić information content (AvgIpc) is 2.41. The van der Waals surface area contributed by atoms with Crippen molar-refractivity contribution in [3.05, 3.63) is 63.9 Å². The second kappa shape index (κ2) is 6.17. The molecule has 1 atom stereocenters. The van der Waals surface area contributed by atoms with E-state index in [2.05, 4.69) is 21.2 Å². The third-order valence-corrected chi connectivity index (χ3v) is 3.42. The Balaban J connectivity index is 2.24. The first kappa shape index (κ1) is 14.0. The van der Waals surface area contributed by atoms with Gasteiger partial charge in [-0.15, -0.1) is 0 Å². The number of aryl methyl sites for hydroxylation is 1. The van der Waals surface area contributed by atoms with Crippen LogP contribution in [0.4, 0.5) is 10.1 Å². The molecule has 19 heavy (non-hydrogen) atoms. The Morgan fingerprint density at radius 2 is 1.89 bits per heavy atom. The minimum atomic E-state index is -0.457. The number of anilines is 1. The van der Waals surface area contributed by atoms with Crippen LogP contribution in [0, 0.1) is 12.7 Å². The lowest BCUT2D eigenvalue weighted by Crippen LogP contribution is -2.16. The van der Waals surface area contributed by atoms with E-state index in [-0.39, 0.29) is 12.4 Å². The van der Waals surface area contributed by atoms with Gasteiger partial charge in [0.1, 0.15) is 5.82 Å². The molecule has 0 saturated carbocycles. The molecule has 0 bridgehead atoms. The molecule has 2 rings (SSSR count). The molecule has 0 aromatic heterocycles. The van der Waals surface area contributed by atoms with Gasteiger partial charge in [-0.05, 0) is 37.3 Å². The molecule has 100 valence electrons. The summed E-state index contributed by atoms with van der Waals surface area (Å²) in [6, 6.07) is 12.0. The van der Waals surface area contributed by atoms with E-state index in [4.69, 9.17) is 0 Å². The zero-order valence-corrected chi connectivity index (χ0v) is 12.1. The highest BCUT2D eigenvalue weighted by molar-refractivity contribution is 9.10. The second-order valence-electron chi connectivity index (χ2n) is 4.41. The van der Waals surface area contributed by atoms with E-state index >= 15 is 0 Å². The molecule has 2 nitrogen and oxygen atoms in total. The second-order valence-corrected chi connectivity index (χ2v) is 5.33. The number of hydrogen-bond donors (Lipinski definition) is 2. The van der Waals surface area contributed by atoms with Gasteiger partial charge in [0, 0.05) is 15.7 Å². The van der Waals surface area contributed by atoms with Crippen molar-refractivity contribution >= 4 is 21.6 Å². The molecule has 0 spiro atoms. The predicted molar refractivity (Wildman–Crippen MR) is 78.7 cm³/mol. The van der Waals surface area contributed by atoms with E-state index in [1.165, 1.54) is 6.07 Å². The minimum absolute atomic E-state index is 0.170. The van der Waals surface area contributed by atoms with Crippen LogP contribution in [0.3, 0.4) is 0 Å². The lowest BCUT2D eigenvalue weighted by molar-refractivity contribution is 0.274. The van der Waals surface area contributed by atoms with Crippen molar-refractivity contribution in [1.29, 1.82) is 0 Å². The van der Waals surface area contributed by atoms with Gasteiger partial charge in [0.05, 0.1) is 12.6 Å². The van der Waals surface area contributed by atoms with E-state index in [9.17, 15) is 9.50 Å². The number of aliphatic hydroxyl groups is 1. The Hall–Kier alpha value is -1.39. The molecular weight excluding hydrogens is 309 g/mol. The largest absolute Gasteiger partial charge is 0.394 e. The Kier molecular flexibility index (Phi) is 4.56. The summed E-state index contributed by atoms with van der Waals surface area (Å²) in [5, 5.41) is 12.6. The molecule has 0 amide bonds. The first-order chi connectivity index (χ1) is 9.10. The lowest BCUT2D eigenvalue weighted by Gasteiger charge is -2.19. The van der Waals surface area contributed by atoms with Crippen LogP contribution in [0.2, 0.25) is 0 Å². The summed E-state index contributed by atoms with van der Waals surface area (Å²) in [5.74, 6) is -0.311. The van der Waals surface area contributed by atoms with Gasteiger partial charge < -0.3 is 10.4 Å². The monoisotopic (exact) mass is 323 g/mol. The van der Waals surface area contributed by atoms with Gasteiger partial charge in [-0.3, -0.25) is 0 Å². The van der Waals surface area contributed by atoms with Crippen molar-refractivity contribution in [3.63, 3.8) is 0 Å². The number of rotatable bonds is 4. The fourth-order valence-electron chi connectivity index (χ4n) is 1.90. The molecule has 2 aromatic rings. The van der Waals surface area contributed by atoms with E-state index in [1.807, 2.05) is 31.2 Å². The summed E-state index contributed by atoms with van der Waals surface area (Å²) in [4.78, 5) is 0. The molecule has 4 heteroatoms. The van der Waals surface area contributed by atoms with Crippen LogP contribution in [-0.2, 0) is 0 Å². The normalized spacial score (nSPS) is 12.2. The Labute approximate surface area is 120 Å². The standard InChI is InChI=1S/C15H15BrFNO/c1-10-2-7-14(17)13(8-10)15(9-19)18-12-5-3-11(16)4-6-12/h2-8,15,18-19H,9H2,1H3. The maximum absolute atomic E-state index is 13.8. The van der Waals surface area contributed by atoms with Crippen molar-refractivity contribution in [1.82, 2.24) is 0 Å². The summed E-state index contributed by atoms with van der Waals surface area (Å²) in [5.41, 5.74) is 2.28. The van der Waals surface area contributed by atoms with Gasteiger partial charge in [-0.2, -0.15) is 0 Å². The molecular formula is C15H15BrFNO. The number of hydrogen-bond acceptors (Lipinski definition) is 2. The Morgan fingerprint density at radius 3 is 2.53 bits per heavy atom. The van der Waals surface area contributed by atoms with Gasteiger partial charge in [-0.1, -0.05) is 33.6 Å². The Morgan fingerprint density at radius 1 is 1.21 bits per heavy atom. The van der Waals surface area contributed by atoms with Crippen molar-refractivity contribution in [2.75, 3.05) is 11.9 Å². The zero-order valence-electron chi connectivity index (χ0n) is 10.5. The number of aliphatic hydroxyl groups excluding tert-OH is 1. The SMILES string of the molecule is Cc1ccc(F)c(C(CO)Nc2ccc(Br)cc2)c1. The highest BCUT2D eigenvalue weighted by atomic mass is 79.9. The van der Waals surface area contributed by atoms with Gasteiger partial charge in [0.15, 0.2) is 0 Å². The van der Waals surface area contributed by atoms with Crippen LogP contribution in [0.15, 0.2) is 46.9 Å². The molecule has 0 aliphatic carbocycles. The fraction of sp³-hybridized carbons (Fsp3) is 0.200. The van der Waals surface area contributed by atoms with Gasteiger partial charge in [0.2, 0.25) is 0 Å². The minimum Gasteiger partial charge on any atom is -0.394 e. The molecule has 0 aliphatic rings. The summed E-state index contributed by atoms with van der Waals surface area (Å²) in [7, 11) is 0. The topological polar surface area (TPSA) is 32.3 Å². The fourth-order valence-corrected chi connectivity index (χ4v) is 2.16. The maximum atomic E-state index is 13.8. The molecule has 0 saturated heterocycles. The molecule has 0 fully saturated rings. The first-order valence-electron chi connectivity index (χ1n) is 5.99. The van der Waals surface area contributed by atoms with Crippen molar-refractivity contribution in [2.24, 2.45) is 0 Å². The van der Waals surface area contributed by atoms with Crippen LogP contribution in [0.5, 0.6) is 0 Å². The number of benzene rings is 2. The van der Waals surface area contributed by atoms with Gasteiger partial charge in [-0.25, -0.2) is 4.39 Å². The molecule has 2 aromatic carbocycles. The van der Waals surface area contributed by atoms with Crippen LogP contribution >= 0.6 is 15.9 Å². The van der Waals surface area contributed by atoms with E-state index in [1.54, 1.807) is 12.1 Å². The summed E-state index contributed by atoms with van der Waals surface area (Å²) >= 11 is 3.36. The zero-order chi connectivity index (χ0) is 13.8. The third kappa shape index (κ3) is 3.55. The molecule has 0 heterocycles. The third-order valence-electron chi connectivity index (χ3n) is 2.89. The van der Waals surface area contributed by atoms with Gasteiger partial charge >= 0.3 is 0 Å². The summed E-state index contributed by atoms with van der Waals surface area (Å²) in [6.07, 6.45) is 0. The first-order valence-corrected chi connectivity index (χ1v) is 6.78. The van der Waals surface area contributed by atoms with Crippen LogP contribution in [0.25, 0.3) is 0 Å². The quantitative estimate of drug-likeness (QED) is 0.889. The maximum Gasteiger partial charge on any atom is 0.128 e. The van der Waals surface area contributed by atoms with E-state index in [0.717, 1.165) is 15.7 Å². The predicted octanol–water partition coefficient (Wildman–Crippen LogP) is 4.04. The van der Waals surface area contributed by atoms with Crippen molar-refractivity contribution in [3.8, 4) is 0 Å². The lowest BCUT2D eigenvalue weighted by atomic mass is 10.0. The molecule has 2 N–H and O–H groups in total. The number of nitrogens with one attached hydrogen (secondary N) is 1. The summed E-state index contributed by atoms with van der Waals surface area (Å²) < 4.78 is 14.8. The molecule has 1 unspecified atom stereocenters. The molecule has 0 aliphatic heterocycles. The van der Waals surface area contributed by atoms with Crippen LogP contribution in [-0.4, -0.2) is 11.7 Å². The smallest absolute Gasteiger partial charge is 0.128 e. The van der Waals surface area contributed by atoms with Crippen molar-refractivity contribution < 1.29 is 9.50 Å². The van der Waals surface area contributed by atoms with Gasteiger partial charge in [0.25, 0.3) is 0 Å². The van der Waals surface area contributed by atoms with Crippen molar-refractivity contribution in [2.45, 2.75) is 13.0 Å². The number of halogens is 2. The Bertz CT molecular complexity index is 557. The van der Waals surface area contributed by atoms with Crippen LogP contribution < -0.4 is 5.32 Å². The highest BCUT2D eigenvalue weighted by Gasteiger charge is 2.15. The van der Waals surface area contributed by atoms with E-state index < -0.39 is 6.04 Å². The summed E-state index contributed by atoms with van der Waals surface area (Å²) in [6.45, 7) is 1.73. The molecule has 0 radical (unpaired) electrons. The average molecular weight is 324 g/mol. The highest BCUT2D eigenvalue weighted by Crippen LogP contribution is 2.24.